The Balaban J connectivity index is 0. The predicted octanol–water partition coefficient (Wildman–Crippen LogP) is 8.30. The standard InChI is InChI=1S/C13H30O3Si.C10H24Si/c1-5-8-11-14-17(4,15-12-9-6-2)16-13-10-7-3;1-8(2)11(7,9(3)4)10(5)6/h5-13H2,1-4H3;8-10H,1-7H3. The van der Waals surface area contributed by atoms with Crippen LogP contribution in [0.2, 0.25) is 29.7 Å². The first-order valence-electron chi connectivity index (χ1n) is 11.9. The molecule has 3 nitrogen and oxygen atoms in total. The molecular formula is C23H54O3Si2. The minimum absolute atomic E-state index is 0.761. The first-order chi connectivity index (χ1) is 13.0. The average Bonchev–Trinajstić information content (AvgIpc) is 2.61. The molecule has 0 amide bonds. The lowest BCUT2D eigenvalue weighted by Gasteiger charge is -2.39. The fraction of sp³-hybridized carbons (Fsp3) is 1.00. The van der Waals surface area contributed by atoms with Gasteiger partial charge in [-0.2, -0.15) is 0 Å². The third-order valence-electron chi connectivity index (χ3n) is 6.32. The van der Waals surface area contributed by atoms with Crippen LogP contribution in [0.15, 0.2) is 0 Å². The van der Waals surface area contributed by atoms with Crippen LogP contribution in [0.25, 0.3) is 0 Å². The van der Waals surface area contributed by atoms with E-state index in [2.05, 4.69) is 68.9 Å². The summed E-state index contributed by atoms with van der Waals surface area (Å²) >= 11 is 0. The minimum atomic E-state index is -2.36. The molecule has 0 fully saturated rings. The Morgan fingerprint density at radius 1 is 0.536 bits per heavy atom. The molecule has 0 saturated heterocycles. The van der Waals surface area contributed by atoms with E-state index < -0.39 is 16.9 Å². The highest BCUT2D eigenvalue weighted by Crippen LogP contribution is 2.40. The summed E-state index contributed by atoms with van der Waals surface area (Å²) in [6, 6.07) is 0. The van der Waals surface area contributed by atoms with Crippen molar-refractivity contribution in [3.05, 3.63) is 0 Å². The maximum absolute atomic E-state index is 5.86. The van der Waals surface area contributed by atoms with E-state index in [-0.39, 0.29) is 0 Å². The van der Waals surface area contributed by atoms with Gasteiger partial charge in [-0.25, -0.2) is 0 Å². The van der Waals surface area contributed by atoms with Gasteiger partial charge in [0.1, 0.15) is 0 Å². The lowest BCUT2D eigenvalue weighted by atomic mass is 10.4. The van der Waals surface area contributed by atoms with Gasteiger partial charge in [0, 0.05) is 26.4 Å². The van der Waals surface area contributed by atoms with Crippen LogP contribution in [0, 0.1) is 0 Å². The van der Waals surface area contributed by atoms with Crippen LogP contribution < -0.4 is 0 Å². The van der Waals surface area contributed by atoms with Crippen molar-refractivity contribution < 1.29 is 13.3 Å². The molecule has 0 saturated carbocycles. The van der Waals surface area contributed by atoms with Gasteiger partial charge >= 0.3 is 8.80 Å². The highest BCUT2D eigenvalue weighted by atomic mass is 28.4. The van der Waals surface area contributed by atoms with Gasteiger partial charge in [0.25, 0.3) is 0 Å². The van der Waals surface area contributed by atoms with Gasteiger partial charge in [0.15, 0.2) is 0 Å². The van der Waals surface area contributed by atoms with E-state index in [0.717, 1.165) is 75.0 Å². The maximum atomic E-state index is 5.86. The lowest BCUT2D eigenvalue weighted by molar-refractivity contribution is 0.0628. The Morgan fingerprint density at radius 3 is 0.929 bits per heavy atom. The van der Waals surface area contributed by atoms with Crippen LogP contribution in [-0.2, 0) is 13.3 Å². The molecule has 0 aromatic carbocycles. The fourth-order valence-corrected chi connectivity index (χ4v) is 9.13. The molecule has 0 spiro atoms. The molecule has 0 unspecified atom stereocenters. The van der Waals surface area contributed by atoms with Crippen LogP contribution in [0.5, 0.6) is 0 Å². The number of hydrogen-bond donors (Lipinski definition) is 0. The molecule has 0 bridgehead atoms. The summed E-state index contributed by atoms with van der Waals surface area (Å²) in [5.74, 6) is 0. The molecule has 0 aliphatic carbocycles. The van der Waals surface area contributed by atoms with Gasteiger partial charge < -0.3 is 13.3 Å². The Hall–Kier alpha value is 0.314. The molecule has 28 heavy (non-hydrogen) atoms. The first kappa shape index (κ1) is 30.5. The molecule has 0 rings (SSSR count). The topological polar surface area (TPSA) is 27.7 Å². The molecular weight excluding hydrogens is 380 g/mol. The van der Waals surface area contributed by atoms with Crippen molar-refractivity contribution in [2.45, 2.75) is 131 Å². The van der Waals surface area contributed by atoms with Crippen molar-refractivity contribution in [3.63, 3.8) is 0 Å². The van der Waals surface area contributed by atoms with Crippen LogP contribution in [-0.4, -0.2) is 36.7 Å². The Bertz CT molecular complexity index is 298. The molecule has 0 radical (unpaired) electrons. The van der Waals surface area contributed by atoms with Crippen molar-refractivity contribution in [3.8, 4) is 0 Å². The summed E-state index contributed by atoms with van der Waals surface area (Å²) in [7, 11) is -3.34. The van der Waals surface area contributed by atoms with Gasteiger partial charge in [-0.15, -0.1) is 0 Å². The van der Waals surface area contributed by atoms with Crippen LogP contribution in [0.3, 0.4) is 0 Å². The van der Waals surface area contributed by atoms with Gasteiger partial charge in [-0.3, -0.25) is 0 Å². The summed E-state index contributed by atoms with van der Waals surface area (Å²) in [6.45, 7) is 27.7. The smallest absolute Gasteiger partial charge is 0.374 e. The van der Waals surface area contributed by atoms with Crippen LogP contribution in [0.4, 0.5) is 0 Å². The Morgan fingerprint density at radius 2 is 0.786 bits per heavy atom. The van der Waals surface area contributed by atoms with Gasteiger partial charge in [0.05, 0.1) is 8.07 Å². The third kappa shape index (κ3) is 12.8. The summed E-state index contributed by atoms with van der Waals surface area (Å²) in [5.41, 5.74) is 2.76. The Labute approximate surface area is 180 Å². The van der Waals surface area contributed by atoms with Gasteiger partial charge in [-0.1, -0.05) is 105 Å². The molecule has 0 atom stereocenters. The van der Waals surface area contributed by atoms with E-state index in [1.165, 1.54) is 0 Å². The molecule has 5 heteroatoms. The SMILES string of the molecule is CC(C)[Si](C)(C(C)C)C(C)C.CCCCO[Si](C)(OCCCC)OCCCC. The normalized spacial score (nSPS) is 12.6. The van der Waals surface area contributed by atoms with E-state index >= 15 is 0 Å². The van der Waals surface area contributed by atoms with E-state index in [1.54, 1.807) is 0 Å². The van der Waals surface area contributed by atoms with Crippen molar-refractivity contribution >= 4 is 16.9 Å². The van der Waals surface area contributed by atoms with Crippen molar-refractivity contribution in [2.75, 3.05) is 19.8 Å². The summed E-state index contributed by atoms with van der Waals surface area (Å²) < 4.78 is 17.6. The minimum Gasteiger partial charge on any atom is -0.374 e. The molecule has 172 valence electrons. The quantitative estimate of drug-likeness (QED) is 0.191. The second kappa shape index (κ2) is 17.0. The first-order valence-corrected chi connectivity index (χ1v) is 16.9. The largest absolute Gasteiger partial charge is 0.497 e. The molecule has 0 aromatic rings. The lowest BCUT2D eigenvalue weighted by Crippen LogP contribution is -2.43. The molecule has 0 aliphatic heterocycles. The molecule has 0 N–H and O–H groups in total. The molecule has 0 aliphatic rings. The van der Waals surface area contributed by atoms with Gasteiger partial charge in [-0.05, 0) is 19.3 Å². The van der Waals surface area contributed by atoms with E-state index in [9.17, 15) is 0 Å². The maximum Gasteiger partial charge on any atom is 0.497 e. The fourth-order valence-electron chi connectivity index (χ4n) is 3.33. The average molecular weight is 435 g/mol. The number of hydrogen-bond acceptors (Lipinski definition) is 3. The second-order valence-corrected chi connectivity index (χ2v) is 18.1. The Kier molecular flexibility index (Phi) is 18.6. The summed E-state index contributed by atoms with van der Waals surface area (Å²) in [5, 5.41) is 0. The zero-order chi connectivity index (χ0) is 22.2. The van der Waals surface area contributed by atoms with Crippen molar-refractivity contribution in [1.82, 2.24) is 0 Å². The van der Waals surface area contributed by atoms with Crippen LogP contribution in [0.1, 0.15) is 101 Å². The van der Waals surface area contributed by atoms with Crippen molar-refractivity contribution in [1.29, 1.82) is 0 Å². The zero-order valence-corrected chi connectivity index (χ0v) is 23.3. The molecule has 0 aromatic heterocycles. The number of rotatable bonds is 15. The summed E-state index contributed by atoms with van der Waals surface area (Å²) in [4.78, 5) is 0. The predicted molar refractivity (Wildman–Crippen MR) is 131 cm³/mol. The second-order valence-electron chi connectivity index (χ2n) is 9.30. The number of unbranched alkanes of at least 4 members (excludes halogenated alkanes) is 3. The van der Waals surface area contributed by atoms with E-state index in [0.29, 0.717) is 0 Å². The monoisotopic (exact) mass is 434 g/mol. The summed E-state index contributed by atoms with van der Waals surface area (Å²) in [6.07, 6.45) is 6.68. The highest BCUT2D eigenvalue weighted by molar-refractivity contribution is 6.82. The van der Waals surface area contributed by atoms with Crippen molar-refractivity contribution in [2.24, 2.45) is 0 Å². The van der Waals surface area contributed by atoms with E-state index in [4.69, 9.17) is 13.3 Å². The van der Waals surface area contributed by atoms with Crippen LogP contribution >= 0.6 is 0 Å². The van der Waals surface area contributed by atoms with E-state index in [1.807, 2.05) is 6.55 Å². The molecule has 0 heterocycles. The highest BCUT2D eigenvalue weighted by Gasteiger charge is 2.37. The third-order valence-corrected chi connectivity index (χ3v) is 16.0. The van der Waals surface area contributed by atoms with Gasteiger partial charge in [0.2, 0.25) is 0 Å². The zero-order valence-electron chi connectivity index (χ0n) is 21.3.